The van der Waals surface area contributed by atoms with Gasteiger partial charge >= 0.3 is 11.9 Å². The average Bonchev–Trinajstić information content (AvgIpc) is 2.44. The van der Waals surface area contributed by atoms with Crippen LogP contribution in [0.2, 0.25) is 0 Å². The number of nitrogens with two attached hydrogens (primary N) is 1. The van der Waals surface area contributed by atoms with E-state index in [0.717, 1.165) is 6.92 Å². The second kappa shape index (κ2) is 8.85. The second-order valence-corrected chi connectivity index (χ2v) is 5.93. The van der Waals surface area contributed by atoms with Crippen molar-refractivity contribution >= 4 is 11.9 Å². The zero-order chi connectivity index (χ0) is 19.4. The van der Waals surface area contributed by atoms with Crippen LogP contribution in [0, 0.1) is 5.92 Å². The van der Waals surface area contributed by atoms with Crippen LogP contribution in [-0.2, 0) is 23.8 Å². The first-order valence-corrected chi connectivity index (χ1v) is 7.69. The van der Waals surface area contributed by atoms with Crippen LogP contribution in [0.15, 0.2) is 0 Å². The maximum atomic E-state index is 12.1. The van der Waals surface area contributed by atoms with E-state index in [9.17, 15) is 30.0 Å². The average molecular weight is 367 g/mol. The molecule has 1 aliphatic rings. The van der Waals surface area contributed by atoms with Crippen LogP contribution in [0.3, 0.4) is 0 Å². The molecule has 0 aromatic carbocycles. The topological polar surface area (TPSA) is 189 Å². The molecule has 25 heavy (non-hydrogen) atoms. The van der Waals surface area contributed by atoms with Crippen molar-refractivity contribution in [3.05, 3.63) is 0 Å². The molecule has 0 aliphatic carbocycles. The summed E-state index contributed by atoms with van der Waals surface area (Å²) in [6.45, 7) is 1.69. The highest BCUT2D eigenvalue weighted by molar-refractivity contribution is 5.78. The lowest BCUT2D eigenvalue weighted by Gasteiger charge is -2.44. The van der Waals surface area contributed by atoms with Gasteiger partial charge in [-0.3, -0.25) is 4.79 Å². The fraction of sp³-hybridized carbons (Fsp3) is 0.857. The zero-order valence-electron chi connectivity index (χ0n) is 13.9. The highest BCUT2D eigenvalue weighted by Crippen LogP contribution is 2.35. The van der Waals surface area contributed by atoms with Crippen molar-refractivity contribution in [1.82, 2.24) is 0 Å². The Labute approximate surface area is 143 Å². The van der Waals surface area contributed by atoms with Gasteiger partial charge in [-0.25, -0.2) is 4.79 Å². The van der Waals surface area contributed by atoms with Crippen molar-refractivity contribution in [2.75, 3.05) is 6.61 Å². The maximum absolute atomic E-state index is 12.1. The third-order valence-electron chi connectivity index (χ3n) is 3.74. The van der Waals surface area contributed by atoms with Gasteiger partial charge in [-0.15, -0.1) is 0 Å². The summed E-state index contributed by atoms with van der Waals surface area (Å²) in [5, 5.41) is 48.6. The van der Waals surface area contributed by atoms with Gasteiger partial charge < -0.3 is 45.5 Å². The Morgan fingerprint density at radius 2 is 1.96 bits per heavy atom. The number of hydrogen-bond acceptors (Lipinski definition) is 11. The number of aliphatic hydroxyl groups is 5. The van der Waals surface area contributed by atoms with Crippen molar-refractivity contribution in [1.29, 1.82) is 0 Å². The summed E-state index contributed by atoms with van der Waals surface area (Å²) in [4.78, 5) is 23.0. The van der Waals surface area contributed by atoms with E-state index in [2.05, 4.69) is 4.74 Å². The normalized spacial score (nSPS) is 33.2. The Bertz CT molecular complexity index is 473. The zero-order valence-corrected chi connectivity index (χ0v) is 13.9. The Balaban J connectivity index is 2.92. The van der Waals surface area contributed by atoms with Gasteiger partial charge in [0.05, 0.1) is 30.8 Å². The van der Waals surface area contributed by atoms with Crippen molar-refractivity contribution in [3.63, 3.8) is 0 Å². The molecule has 1 fully saturated rings. The predicted octanol–water partition coefficient (Wildman–Crippen LogP) is -3.09. The first kappa shape index (κ1) is 21.7. The highest BCUT2D eigenvalue weighted by Gasteiger charge is 2.53. The standard InChI is InChI=1S/C14H25NO10/c1-6(17)23-7(2)24-13(21)14(22)4-9(19)11(12(15)20)10(25-14)3-8(18)5-16/h7-12,16,18-20,22H,3-5,15H2,1-2H3/t7?,8-,9?,10?,11?,12-,14?/m0/s1. The van der Waals surface area contributed by atoms with Crippen LogP contribution >= 0.6 is 0 Å². The van der Waals surface area contributed by atoms with Crippen LogP contribution < -0.4 is 5.73 Å². The molecule has 0 radical (unpaired) electrons. The van der Waals surface area contributed by atoms with Crippen LogP contribution in [0.1, 0.15) is 26.7 Å². The fourth-order valence-electron chi connectivity index (χ4n) is 2.67. The van der Waals surface area contributed by atoms with E-state index < -0.39 is 67.5 Å². The minimum absolute atomic E-state index is 0.318. The number of ether oxygens (including phenoxy) is 3. The summed E-state index contributed by atoms with van der Waals surface area (Å²) in [5.74, 6) is -5.78. The molecule has 11 nitrogen and oxygen atoms in total. The summed E-state index contributed by atoms with van der Waals surface area (Å²) < 4.78 is 14.6. The van der Waals surface area contributed by atoms with Gasteiger partial charge in [0.25, 0.3) is 5.79 Å². The first-order chi connectivity index (χ1) is 11.5. The van der Waals surface area contributed by atoms with Crippen molar-refractivity contribution in [2.45, 2.75) is 63.3 Å². The van der Waals surface area contributed by atoms with Crippen molar-refractivity contribution < 1.29 is 49.3 Å². The van der Waals surface area contributed by atoms with Gasteiger partial charge in [-0.1, -0.05) is 0 Å². The summed E-state index contributed by atoms with van der Waals surface area (Å²) in [7, 11) is 0. The van der Waals surface area contributed by atoms with Gasteiger partial charge in [-0.05, 0) is 0 Å². The molecule has 11 heteroatoms. The molecule has 0 spiro atoms. The minimum Gasteiger partial charge on any atom is -0.426 e. The molecule has 5 unspecified atom stereocenters. The maximum Gasteiger partial charge on any atom is 0.369 e. The summed E-state index contributed by atoms with van der Waals surface area (Å²) in [6.07, 6.45) is -7.87. The van der Waals surface area contributed by atoms with Gasteiger partial charge in [-0.2, -0.15) is 0 Å². The number of rotatable bonds is 7. The van der Waals surface area contributed by atoms with Gasteiger partial charge in [0, 0.05) is 26.7 Å². The lowest BCUT2D eigenvalue weighted by Crippen LogP contribution is -2.61. The summed E-state index contributed by atoms with van der Waals surface area (Å²) >= 11 is 0. The Morgan fingerprint density at radius 3 is 2.44 bits per heavy atom. The quantitative estimate of drug-likeness (QED) is 0.198. The number of esters is 2. The number of aliphatic hydroxyl groups excluding tert-OH is 4. The van der Waals surface area contributed by atoms with Crippen LogP contribution in [0.5, 0.6) is 0 Å². The smallest absolute Gasteiger partial charge is 0.369 e. The lowest BCUT2D eigenvalue weighted by molar-refractivity contribution is -0.304. The van der Waals surface area contributed by atoms with E-state index in [1.165, 1.54) is 6.92 Å². The molecule has 0 bridgehead atoms. The molecule has 1 saturated heterocycles. The number of carbonyl (C=O) groups excluding carboxylic acids is 2. The molecular weight excluding hydrogens is 342 g/mol. The van der Waals surface area contributed by atoms with Crippen molar-refractivity contribution in [2.24, 2.45) is 11.7 Å². The molecule has 1 aliphatic heterocycles. The Morgan fingerprint density at radius 1 is 1.36 bits per heavy atom. The van der Waals surface area contributed by atoms with E-state index in [-0.39, 0.29) is 6.42 Å². The molecule has 7 N–H and O–H groups in total. The SMILES string of the molecule is CC(=O)OC(C)OC(=O)C1(O)CC(O)C([C@@H](N)O)C(C[C@H](O)CO)O1. The molecule has 0 saturated carbocycles. The lowest BCUT2D eigenvalue weighted by atomic mass is 9.83. The predicted molar refractivity (Wildman–Crippen MR) is 79.2 cm³/mol. The number of hydrogen-bond donors (Lipinski definition) is 6. The van der Waals surface area contributed by atoms with Gasteiger partial charge in [0.2, 0.25) is 6.29 Å². The molecule has 7 atom stereocenters. The van der Waals surface area contributed by atoms with Gasteiger partial charge in [0.15, 0.2) is 0 Å². The van der Waals surface area contributed by atoms with Crippen LogP contribution in [0.4, 0.5) is 0 Å². The molecule has 1 rings (SSSR count). The number of carbonyl (C=O) groups is 2. The Kier molecular flexibility index (Phi) is 7.68. The molecule has 0 amide bonds. The van der Waals surface area contributed by atoms with Gasteiger partial charge in [0.1, 0.15) is 6.23 Å². The monoisotopic (exact) mass is 367 g/mol. The van der Waals surface area contributed by atoms with Crippen LogP contribution in [0.25, 0.3) is 0 Å². The van der Waals surface area contributed by atoms with Crippen LogP contribution in [-0.4, -0.2) is 80.7 Å². The molecule has 1 heterocycles. The third kappa shape index (κ3) is 5.85. The highest BCUT2D eigenvalue weighted by atomic mass is 16.7. The first-order valence-electron chi connectivity index (χ1n) is 7.69. The van der Waals surface area contributed by atoms with E-state index in [1.54, 1.807) is 0 Å². The summed E-state index contributed by atoms with van der Waals surface area (Å²) in [6, 6.07) is 0. The minimum atomic E-state index is -2.61. The van der Waals surface area contributed by atoms with E-state index in [4.69, 9.17) is 20.3 Å². The molecule has 0 aromatic rings. The molecule has 146 valence electrons. The van der Waals surface area contributed by atoms with E-state index in [0.29, 0.717) is 0 Å². The van der Waals surface area contributed by atoms with E-state index >= 15 is 0 Å². The second-order valence-electron chi connectivity index (χ2n) is 5.93. The largest absolute Gasteiger partial charge is 0.426 e. The van der Waals surface area contributed by atoms with E-state index in [1.807, 2.05) is 0 Å². The fourth-order valence-corrected chi connectivity index (χ4v) is 2.67. The Hall–Kier alpha value is -1.34. The molecular formula is C14H25NO10. The van der Waals surface area contributed by atoms with Crippen molar-refractivity contribution in [3.8, 4) is 0 Å². The third-order valence-corrected chi connectivity index (χ3v) is 3.74. The summed E-state index contributed by atoms with van der Waals surface area (Å²) in [5.41, 5.74) is 5.38. The molecule has 0 aromatic heterocycles.